The third-order valence-electron chi connectivity index (χ3n) is 3.76. The van der Waals surface area contributed by atoms with Gasteiger partial charge in [0.2, 0.25) is 0 Å². The van der Waals surface area contributed by atoms with E-state index < -0.39 is 5.97 Å². The van der Waals surface area contributed by atoms with Crippen molar-refractivity contribution in [2.45, 2.75) is 39.2 Å². The van der Waals surface area contributed by atoms with E-state index in [4.69, 9.17) is 5.11 Å². The highest BCUT2D eigenvalue weighted by Crippen LogP contribution is 2.15. The van der Waals surface area contributed by atoms with Crippen LogP contribution in [0.5, 0.6) is 0 Å². The Hall–Kier alpha value is -2.63. The number of hydrogen-bond acceptors (Lipinski definition) is 3. The van der Waals surface area contributed by atoms with E-state index >= 15 is 0 Å². The van der Waals surface area contributed by atoms with Crippen LogP contribution in [0, 0.1) is 0 Å². The van der Waals surface area contributed by atoms with Crippen LogP contribution in [0.15, 0.2) is 36.4 Å². The molecule has 0 fully saturated rings. The van der Waals surface area contributed by atoms with E-state index in [0.717, 1.165) is 11.3 Å². The summed E-state index contributed by atoms with van der Waals surface area (Å²) >= 11 is 0. The van der Waals surface area contributed by atoms with Crippen molar-refractivity contribution in [1.29, 1.82) is 0 Å². The van der Waals surface area contributed by atoms with Gasteiger partial charge in [-0.1, -0.05) is 44.2 Å². The Morgan fingerprint density at radius 2 is 1.96 bits per heavy atom. The van der Waals surface area contributed by atoms with E-state index in [1.807, 2.05) is 44.2 Å². The van der Waals surface area contributed by atoms with E-state index in [0.29, 0.717) is 25.2 Å². The Labute approximate surface area is 141 Å². The highest BCUT2D eigenvalue weighted by atomic mass is 16.4. The highest BCUT2D eigenvalue weighted by Gasteiger charge is 2.20. The number of carbonyl (C=O) groups is 2. The summed E-state index contributed by atoms with van der Waals surface area (Å²) in [6.07, 6.45) is 0.450. The van der Waals surface area contributed by atoms with Crippen LogP contribution < -0.4 is 0 Å². The number of carbonyl (C=O) groups excluding carboxylic acids is 1. The van der Waals surface area contributed by atoms with Crippen LogP contribution >= 0.6 is 0 Å². The molecule has 6 nitrogen and oxygen atoms in total. The summed E-state index contributed by atoms with van der Waals surface area (Å²) in [5, 5.41) is 15.8. The monoisotopic (exact) mass is 329 g/mol. The van der Waals surface area contributed by atoms with Gasteiger partial charge in [0.1, 0.15) is 5.69 Å². The smallest absolute Gasteiger partial charge is 0.303 e. The Morgan fingerprint density at radius 1 is 1.25 bits per heavy atom. The number of aromatic nitrogens is 2. The summed E-state index contributed by atoms with van der Waals surface area (Å²) in [5.41, 5.74) is 2.27. The lowest BCUT2D eigenvalue weighted by Gasteiger charge is -2.21. The van der Waals surface area contributed by atoms with Gasteiger partial charge in [-0.05, 0) is 24.0 Å². The molecule has 0 saturated carbocycles. The zero-order valence-electron chi connectivity index (χ0n) is 14.0. The number of H-pyrrole nitrogens is 1. The van der Waals surface area contributed by atoms with Crippen molar-refractivity contribution in [1.82, 2.24) is 15.1 Å². The third kappa shape index (κ3) is 4.94. The van der Waals surface area contributed by atoms with E-state index in [1.54, 1.807) is 11.0 Å². The maximum absolute atomic E-state index is 12.8. The normalized spacial score (nSPS) is 10.8. The Kier molecular flexibility index (Phi) is 6.12. The standard InChI is InChI=1S/C18H23N3O3/c1-13(2)15-11-16(20-19-15)18(24)21(10-6-9-17(22)23)12-14-7-4-3-5-8-14/h3-5,7-8,11,13H,6,9-10,12H2,1-2H3,(H,19,20)(H,22,23). The average molecular weight is 329 g/mol. The lowest BCUT2D eigenvalue weighted by Crippen LogP contribution is -2.32. The first-order chi connectivity index (χ1) is 11.5. The van der Waals surface area contributed by atoms with Gasteiger partial charge in [0.05, 0.1) is 0 Å². The number of aliphatic carboxylic acids is 1. The van der Waals surface area contributed by atoms with Gasteiger partial charge in [-0.25, -0.2) is 0 Å². The minimum atomic E-state index is -0.857. The topological polar surface area (TPSA) is 86.3 Å². The van der Waals surface area contributed by atoms with Crippen LogP contribution in [0.1, 0.15) is 54.4 Å². The molecule has 2 rings (SSSR count). The zero-order valence-corrected chi connectivity index (χ0v) is 14.0. The Bertz CT molecular complexity index is 680. The summed E-state index contributed by atoms with van der Waals surface area (Å²) in [6, 6.07) is 11.4. The molecule has 1 heterocycles. The van der Waals surface area contributed by atoms with Gasteiger partial charge in [0.25, 0.3) is 5.91 Å². The molecule has 24 heavy (non-hydrogen) atoms. The number of carboxylic acids is 1. The van der Waals surface area contributed by atoms with Crippen molar-refractivity contribution in [3.05, 3.63) is 53.3 Å². The van der Waals surface area contributed by atoms with Gasteiger partial charge in [0.15, 0.2) is 0 Å². The molecular weight excluding hydrogens is 306 g/mol. The number of rotatable bonds is 8. The van der Waals surface area contributed by atoms with Crippen LogP contribution in [0.4, 0.5) is 0 Å². The summed E-state index contributed by atoms with van der Waals surface area (Å²) in [4.78, 5) is 25.1. The van der Waals surface area contributed by atoms with Gasteiger partial charge < -0.3 is 10.0 Å². The maximum atomic E-state index is 12.8. The van der Waals surface area contributed by atoms with E-state index in [9.17, 15) is 9.59 Å². The fourth-order valence-electron chi connectivity index (χ4n) is 2.38. The lowest BCUT2D eigenvalue weighted by molar-refractivity contribution is -0.137. The molecule has 0 saturated heterocycles. The second kappa shape index (κ2) is 8.29. The van der Waals surface area contributed by atoms with Crippen molar-refractivity contribution in [2.24, 2.45) is 0 Å². The molecule has 0 spiro atoms. The number of hydrogen-bond donors (Lipinski definition) is 2. The van der Waals surface area contributed by atoms with E-state index in [1.165, 1.54) is 0 Å². The first-order valence-corrected chi connectivity index (χ1v) is 8.07. The number of carboxylic acid groups (broad SMARTS) is 1. The predicted molar refractivity (Wildman–Crippen MR) is 90.7 cm³/mol. The van der Waals surface area contributed by atoms with Crippen LogP contribution in [0.2, 0.25) is 0 Å². The number of nitrogens with zero attached hydrogens (tertiary/aromatic N) is 2. The van der Waals surface area contributed by atoms with Crippen LogP contribution in [-0.2, 0) is 11.3 Å². The molecule has 6 heteroatoms. The van der Waals surface area contributed by atoms with E-state index in [-0.39, 0.29) is 18.2 Å². The quantitative estimate of drug-likeness (QED) is 0.779. The SMILES string of the molecule is CC(C)c1cc(C(=O)N(CCCC(=O)O)Cc2ccccc2)n[nH]1. The number of amides is 1. The van der Waals surface area contributed by atoms with Gasteiger partial charge in [-0.3, -0.25) is 14.7 Å². The molecule has 2 aromatic rings. The fraction of sp³-hybridized carbons (Fsp3) is 0.389. The Balaban J connectivity index is 2.13. The first kappa shape index (κ1) is 17.7. The fourth-order valence-corrected chi connectivity index (χ4v) is 2.38. The summed E-state index contributed by atoms with van der Waals surface area (Å²) in [5.74, 6) is -0.787. The molecule has 0 aliphatic carbocycles. The van der Waals surface area contributed by atoms with Crippen molar-refractivity contribution >= 4 is 11.9 Å². The van der Waals surface area contributed by atoms with Crippen LogP contribution in [0.25, 0.3) is 0 Å². The first-order valence-electron chi connectivity index (χ1n) is 8.07. The summed E-state index contributed by atoms with van der Waals surface area (Å²) < 4.78 is 0. The molecule has 1 amide bonds. The van der Waals surface area contributed by atoms with Gasteiger partial charge in [-0.15, -0.1) is 0 Å². The van der Waals surface area contributed by atoms with Gasteiger partial charge in [0, 0.05) is 25.2 Å². The molecule has 0 atom stereocenters. The number of aromatic amines is 1. The van der Waals surface area contributed by atoms with E-state index in [2.05, 4.69) is 10.2 Å². The maximum Gasteiger partial charge on any atom is 0.303 e. The second-order valence-electron chi connectivity index (χ2n) is 6.07. The summed E-state index contributed by atoms with van der Waals surface area (Å²) in [7, 11) is 0. The molecule has 0 bridgehead atoms. The molecule has 0 unspecified atom stereocenters. The van der Waals surface area contributed by atoms with Gasteiger partial charge in [-0.2, -0.15) is 5.10 Å². The molecule has 1 aromatic carbocycles. The minimum Gasteiger partial charge on any atom is -0.481 e. The van der Waals surface area contributed by atoms with Crippen molar-refractivity contribution < 1.29 is 14.7 Å². The lowest BCUT2D eigenvalue weighted by atomic mass is 10.1. The molecule has 0 aliphatic heterocycles. The van der Waals surface area contributed by atoms with Crippen molar-refractivity contribution in [3.8, 4) is 0 Å². The zero-order chi connectivity index (χ0) is 17.5. The van der Waals surface area contributed by atoms with Crippen LogP contribution in [0.3, 0.4) is 0 Å². The molecular formula is C18H23N3O3. The molecule has 2 N–H and O–H groups in total. The van der Waals surface area contributed by atoms with Gasteiger partial charge >= 0.3 is 5.97 Å². The largest absolute Gasteiger partial charge is 0.481 e. The second-order valence-corrected chi connectivity index (χ2v) is 6.07. The predicted octanol–water partition coefficient (Wildman–Crippen LogP) is 3.04. The number of benzene rings is 1. The minimum absolute atomic E-state index is 0.0381. The third-order valence-corrected chi connectivity index (χ3v) is 3.76. The molecule has 0 radical (unpaired) electrons. The number of nitrogens with one attached hydrogen (secondary N) is 1. The summed E-state index contributed by atoms with van der Waals surface area (Å²) in [6.45, 7) is 4.86. The van der Waals surface area contributed by atoms with Crippen LogP contribution in [-0.4, -0.2) is 38.6 Å². The van der Waals surface area contributed by atoms with Crippen molar-refractivity contribution in [2.75, 3.05) is 6.54 Å². The Morgan fingerprint density at radius 3 is 2.54 bits per heavy atom. The molecule has 128 valence electrons. The average Bonchev–Trinajstić information content (AvgIpc) is 3.04. The highest BCUT2D eigenvalue weighted by molar-refractivity contribution is 5.92. The molecule has 1 aromatic heterocycles. The molecule has 0 aliphatic rings. The van der Waals surface area contributed by atoms with Crippen molar-refractivity contribution in [3.63, 3.8) is 0 Å².